The van der Waals surface area contributed by atoms with Gasteiger partial charge >= 0.3 is 0 Å². The van der Waals surface area contributed by atoms with Gasteiger partial charge in [-0.15, -0.1) is 0 Å². The van der Waals surface area contributed by atoms with Crippen LogP contribution in [0.2, 0.25) is 5.02 Å². The first kappa shape index (κ1) is 12.6. The van der Waals surface area contributed by atoms with Crippen molar-refractivity contribution in [2.75, 3.05) is 0 Å². The summed E-state index contributed by atoms with van der Waals surface area (Å²) in [6.07, 6.45) is 1.64. The summed E-state index contributed by atoms with van der Waals surface area (Å²) in [4.78, 5) is 11.8. The number of benzene rings is 1. The van der Waals surface area contributed by atoms with Gasteiger partial charge in [-0.3, -0.25) is 9.89 Å². The number of rotatable bonds is 3. The van der Waals surface area contributed by atoms with Gasteiger partial charge in [-0.25, -0.2) is 4.39 Å². The highest BCUT2D eigenvalue weighted by atomic mass is 35.5. The van der Waals surface area contributed by atoms with Crippen molar-refractivity contribution in [1.29, 1.82) is 0 Å². The van der Waals surface area contributed by atoms with Crippen LogP contribution < -0.4 is 5.32 Å². The van der Waals surface area contributed by atoms with E-state index in [2.05, 4.69) is 15.5 Å². The zero-order valence-electron chi connectivity index (χ0n) is 9.63. The largest absolute Gasteiger partial charge is 0.348 e. The molecule has 1 heterocycles. The molecule has 0 spiro atoms. The van der Waals surface area contributed by atoms with Crippen molar-refractivity contribution in [3.05, 3.63) is 52.1 Å². The van der Waals surface area contributed by atoms with Gasteiger partial charge in [0, 0.05) is 23.4 Å². The van der Waals surface area contributed by atoms with Crippen LogP contribution in [0.25, 0.3) is 0 Å². The second-order valence-corrected chi connectivity index (χ2v) is 4.24. The van der Waals surface area contributed by atoms with Crippen LogP contribution in [0.4, 0.5) is 4.39 Å². The summed E-state index contributed by atoms with van der Waals surface area (Å²) in [7, 11) is 0. The first-order valence-electron chi connectivity index (χ1n) is 5.30. The van der Waals surface area contributed by atoms with E-state index >= 15 is 0 Å². The number of H-pyrrole nitrogens is 1. The maximum atomic E-state index is 13.2. The zero-order valence-corrected chi connectivity index (χ0v) is 10.4. The van der Waals surface area contributed by atoms with Crippen LogP contribution in [-0.4, -0.2) is 16.1 Å². The number of carbonyl (C=O) groups excluding carboxylic acids is 1. The predicted octanol–water partition coefficient (Wildman–Crippen LogP) is 2.44. The SMILES string of the molecule is Cc1[nH]ncc1CNC(=O)c1ccc(Cl)c(F)c1. The van der Waals surface area contributed by atoms with Crippen molar-refractivity contribution in [3.8, 4) is 0 Å². The molecule has 6 heteroatoms. The predicted molar refractivity (Wildman–Crippen MR) is 65.9 cm³/mol. The van der Waals surface area contributed by atoms with E-state index in [1.165, 1.54) is 12.1 Å². The highest BCUT2D eigenvalue weighted by Gasteiger charge is 2.09. The third kappa shape index (κ3) is 2.68. The van der Waals surface area contributed by atoms with Gasteiger partial charge in [0.05, 0.1) is 11.2 Å². The minimum Gasteiger partial charge on any atom is -0.348 e. The fourth-order valence-corrected chi connectivity index (χ4v) is 1.59. The third-order valence-corrected chi connectivity index (χ3v) is 2.86. The Hall–Kier alpha value is -1.88. The van der Waals surface area contributed by atoms with E-state index in [0.29, 0.717) is 6.54 Å². The van der Waals surface area contributed by atoms with Crippen LogP contribution in [0.1, 0.15) is 21.6 Å². The number of hydrogen-bond acceptors (Lipinski definition) is 2. The quantitative estimate of drug-likeness (QED) is 0.897. The Labute approximate surface area is 108 Å². The molecule has 2 rings (SSSR count). The van der Waals surface area contributed by atoms with Crippen molar-refractivity contribution in [1.82, 2.24) is 15.5 Å². The van der Waals surface area contributed by atoms with Crippen LogP contribution in [0.15, 0.2) is 24.4 Å². The lowest BCUT2D eigenvalue weighted by Crippen LogP contribution is -2.23. The molecule has 0 aliphatic heterocycles. The molecule has 1 amide bonds. The molecule has 0 radical (unpaired) electrons. The van der Waals surface area contributed by atoms with Gasteiger partial charge in [0.15, 0.2) is 0 Å². The second-order valence-electron chi connectivity index (χ2n) is 3.83. The fraction of sp³-hybridized carbons (Fsp3) is 0.167. The number of carbonyl (C=O) groups is 1. The molecule has 0 aliphatic rings. The maximum Gasteiger partial charge on any atom is 0.251 e. The summed E-state index contributed by atoms with van der Waals surface area (Å²) in [6.45, 7) is 2.20. The minimum atomic E-state index is -0.608. The van der Waals surface area contributed by atoms with Gasteiger partial charge < -0.3 is 5.32 Å². The van der Waals surface area contributed by atoms with Crippen molar-refractivity contribution < 1.29 is 9.18 Å². The van der Waals surface area contributed by atoms with Crippen LogP contribution in [0.5, 0.6) is 0 Å². The van der Waals surface area contributed by atoms with Crippen LogP contribution in [0.3, 0.4) is 0 Å². The van der Waals surface area contributed by atoms with Gasteiger partial charge in [-0.2, -0.15) is 5.10 Å². The lowest BCUT2D eigenvalue weighted by molar-refractivity contribution is 0.0950. The Bertz CT molecular complexity index is 582. The van der Waals surface area contributed by atoms with Crippen LogP contribution >= 0.6 is 11.6 Å². The number of aryl methyl sites for hydroxylation is 1. The molecule has 0 saturated heterocycles. The summed E-state index contributed by atoms with van der Waals surface area (Å²) in [5.74, 6) is -0.963. The summed E-state index contributed by atoms with van der Waals surface area (Å²) in [5, 5.41) is 9.29. The Morgan fingerprint density at radius 1 is 1.56 bits per heavy atom. The van der Waals surface area contributed by atoms with Gasteiger partial charge in [0.25, 0.3) is 5.91 Å². The molecular weight excluding hydrogens is 257 g/mol. The molecule has 2 N–H and O–H groups in total. The number of aromatic amines is 1. The number of nitrogens with one attached hydrogen (secondary N) is 2. The number of aromatic nitrogens is 2. The number of amides is 1. The van der Waals surface area contributed by atoms with Crippen LogP contribution in [0, 0.1) is 12.7 Å². The smallest absolute Gasteiger partial charge is 0.251 e. The molecule has 94 valence electrons. The molecular formula is C12H11ClFN3O. The van der Waals surface area contributed by atoms with Crippen molar-refractivity contribution >= 4 is 17.5 Å². The molecule has 4 nitrogen and oxygen atoms in total. The Morgan fingerprint density at radius 3 is 2.94 bits per heavy atom. The second kappa shape index (κ2) is 5.18. The summed E-state index contributed by atoms with van der Waals surface area (Å²) >= 11 is 5.55. The molecule has 1 aromatic carbocycles. The molecule has 0 unspecified atom stereocenters. The van der Waals surface area contributed by atoms with Crippen molar-refractivity contribution in [3.63, 3.8) is 0 Å². The van der Waals surface area contributed by atoms with E-state index in [-0.39, 0.29) is 16.5 Å². The van der Waals surface area contributed by atoms with Crippen molar-refractivity contribution in [2.24, 2.45) is 0 Å². The molecule has 0 aliphatic carbocycles. The molecule has 0 saturated carbocycles. The topological polar surface area (TPSA) is 57.8 Å². The average molecular weight is 268 g/mol. The minimum absolute atomic E-state index is 0.00257. The summed E-state index contributed by atoms with van der Waals surface area (Å²) < 4.78 is 13.2. The molecule has 1 aromatic heterocycles. The number of halogens is 2. The molecule has 0 bridgehead atoms. The van der Waals surface area contributed by atoms with Gasteiger partial charge in [-0.05, 0) is 25.1 Å². The molecule has 18 heavy (non-hydrogen) atoms. The van der Waals surface area contributed by atoms with Gasteiger partial charge in [0.1, 0.15) is 5.82 Å². The highest BCUT2D eigenvalue weighted by Crippen LogP contribution is 2.15. The average Bonchev–Trinajstić information content (AvgIpc) is 2.75. The zero-order chi connectivity index (χ0) is 13.1. The van der Waals surface area contributed by atoms with E-state index in [9.17, 15) is 9.18 Å². The summed E-state index contributed by atoms with van der Waals surface area (Å²) in [5.41, 5.74) is 2.01. The van der Waals surface area contributed by atoms with E-state index in [4.69, 9.17) is 11.6 Å². The van der Waals surface area contributed by atoms with E-state index in [0.717, 1.165) is 17.3 Å². The van der Waals surface area contributed by atoms with Gasteiger partial charge in [-0.1, -0.05) is 11.6 Å². The van der Waals surface area contributed by atoms with E-state index in [1.54, 1.807) is 6.20 Å². The Morgan fingerprint density at radius 2 is 2.33 bits per heavy atom. The monoisotopic (exact) mass is 267 g/mol. The molecule has 2 aromatic rings. The molecule has 0 atom stereocenters. The normalized spacial score (nSPS) is 10.4. The third-order valence-electron chi connectivity index (χ3n) is 2.56. The van der Waals surface area contributed by atoms with Gasteiger partial charge in [0.2, 0.25) is 0 Å². The standard InChI is InChI=1S/C12H11ClFN3O/c1-7-9(6-16-17-7)5-15-12(18)8-2-3-10(13)11(14)4-8/h2-4,6H,5H2,1H3,(H,15,18)(H,16,17). The first-order chi connectivity index (χ1) is 8.58. The van der Waals surface area contributed by atoms with Crippen molar-refractivity contribution in [2.45, 2.75) is 13.5 Å². The fourth-order valence-electron chi connectivity index (χ4n) is 1.47. The van der Waals surface area contributed by atoms with E-state index in [1.807, 2.05) is 6.92 Å². The number of nitrogens with zero attached hydrogens (tertiary/aromatic N) is 1. The molecule has 0 fully saturated rings. The highest BCUT2D eigenvalue weighted by molar-refractivity contribution is 6.30. The Balaban J connectivity index is 2.04. The van der Waals surface area contributed by atoms with Crippen LogP contribution in [-0.2, 0) is 6.54 Å². The lowest BCUT2D eigenvalue weighted by Gasteiger charge is -2.05. The Kier molecular flexibility index (Phi) is 3.62. The number of hydrogen-bond donors (Lipinski definition) is 2. The summed E-state index contributed by atoms with van der Waals surface area (Å²) in [6, 6.07) is 3.94. The van der Waals surface area contributed by atoms with E-state index < -0.39 is 5.82 Å². The lowest BCUT2D eigenvalue weighted by atomic mass is 10.2. The maximum absolute atomic E-state index is 13.2. The first-order valence-corrected chi connectivity index (χ1v) is 5.68.